The van der Waals surface area contributed by atoms with Crippen molar-refractivity contribution in [3.63, 3.8) is 0 Å². The van der Waals surface area contributed by atoms with Gasteiger partial charge in [0.15, 0.2) is 5.75 Å². The van der Waals surface area contributed by atoms with Gasteiger partial charge in [-0.2, -0.15) is 8.42 Å². The molecule has 0 aliphatic carbocycles. The van der Waals surface area contributed by atoms with Gasteiger partial charge in [0.05, 0.1) is 10.0 Å². The molecule has 124 valence electrons. The number of pyridine rings is 1. The van der Waals surface area contributed by atoms with Crippen molar-refractivity contribution in [2.75, 3.05) is 0 Å². The molecule has 0 radical (unpaired) electrons. The van der Waals surface area contributed by atoms with E-state index < -0.39 is 10.1 Å². The first-order valence-corrected chi connectivity index (χ1v) is 9.27. The van der Waals surface area contributed by atoms with Crippen molar-refractivity contribution >= 4 is 55.8 Å². The molecule has 0 amide bonds. The van der Waals surface area contributed by atoms with Crippen LogP contribution in [0.15, 0.2) is 47.5 Å². The number of aromatic nitrogens is 1. The third-order valence-corrected chi connectivity index (χ3v) is 5.56. The third-order valence-electron chi connectivity index (χ3n) is 3.36. The lowest BCUT2D eigenvalue weighted by Gasteiger charge is -2.13. The van der Waals surface area contributed by atoms with E-state index in [-0.39, 0.29) is 26.2 Å². The highest BCUT2D eigenvalue weighted by Crippen LogP contribution is 2.38. The first-order chi connectivity index (χ1) is 11.3. The Labute approximate surface area is 154 Å². The maximum absolute atomic E-state index is 12.7. The smallest absolute Gasteiger partial charge is 0.339 e. The van der Waals surface area contributed by atoms with Crippen LogP contribution in [0.3, 0.4) is 0 Å². The molecule has 24 heavy (non-hydrogen) atoms. The van der Waals surface area contributed by atoms with Gasteiger partial charge in [-0.05, 0) is 42.8 Å². The molecular formula is C16H10Cl3NO3S. The van der Waals surface area contributed by atoms with Gasteiger partial charge in [0, 0.05) is 16.6 Å². The highest BCUT2D eigenvalue weighted by molar-refractivity contribution is 7.87. The zero-order valence-electron chi connectivity index (χ0n) is 12.3. The Hall–Kier alpha value is -1.53. The maximum Gasteiger partial charge on any atom is 0.339 e. The van der Waals surface area contributed by atoms with Crippen molar-refractivity contribution in [3.8, 4) is 5.75 Å². The van der Waals surface area contributed by atoms with Gasteiger partial charge in [-0.3, -0.25) is 4.98 Å². The SMILES string of the molecule is Cc1ccc(Cl)cc1S(=O)(=O)Oc1c(Cl)cc(Cl)c2cccnc12. The molecule has 0 fully saturated rings. The molecule has 4 nitrogen and oxygen atoms in total. The highest BCUT2D eigenvalue weighted by atomic mass is 35.5. The van der Waals surface area contributed by atoms with Crippen LogP contribution in [0.4, 0.5) is 0 Å². The molecule has 1 heterocycles. The Morgan fingerprint density at radius 2 is 1.79 bits per heavy atom. The number of halogens is 3. The zero-order chi connectivity index (χ0) is 17.5. The summed E-state index contributed by atoms with van der Waals surface area (Å²) >= 11 is 18.2. The van der Waals surface area contributed by atoms with Crippen molar-refractivity contribution in [2.24, 2.45) is 0 Å². The van der Waals surface area contributed by atoms with Crippen LogP contribution in [-0.4, -0.2) is 13.4 Å². The number of fused-ring (bicyclic) bond motifs is 1. The Morgan fingerprint density at radius 1 is 1.04 bits per heavy atom. The normalized spacial score (nSPS) is 11.7. The number of hydrogen-bond acceptors (Lipinski definition) is 4. The lowest BCUT2D eigenvalue weighted by Crippen LogP contribution is -2.12. The van der Waals surface area contributed by atoms with Gasteiger partial charge < -0.3 is 4.18 Å². The number of benzene rings is 2. The Kier molecular flexibility index (Phi) is 4.62. The molecule has 0 aliphatic rings. The summed E-state index contributed by atoms with van der Waals surface area (Å²) in [5.41, 5.74) is 0.764. The quantitative estimate of drug-likeness (QED) is 0.560. The minimum Gasteiger partial charge on any atom is -0.375 e. The number of rotatable bonds is 3. The van der Waals surface area contributed by atoms with Crippen LogP contribution in [0, 0.1) is 6.92 Å². The van der Waals surface area contributed by atoms with E-state index in [1.165, 1.54) is 18.3 Å². The molecule has 2 aromatic carbocycles. The van der Waals surface area contributed by atoms with E-state index in [1.807, 2.05) is 0 Å². The van der Waals surface area contributed by atoms with Crippen molar-refractivity contribution < 1.29 is 12.6 Å². The van der Waals surface area contributed by atoms with Crippen LogP contribution in [0.1, 0.15) is 5.56 Å². The molecule has 0 spiro atoms. The monoisotopic (exact) mass is 401 g/mol. The van der Waals surface area contributed by atoms with Gasteiger partial charge in [0.1, 0.15) is 10.4 Å². The summed E-state index contributed by atoms with van der Waals surface area (Å²) in [4.78, 5) is 4.10. The van der Waals surface area contributed by atoms with Gasteiger partial charge in [-0.15, -0.1) is 0 Å². The lowest BCUT2D eigenvalue weighted by atomic mass is 10.2. The van der Waals surface area contributed by atoms with Crippen molar-refractivity contribution in [1.82, 2.24) is 4.98 Å². The average Bonchev–Trinajstić information content (AvgIpc) is 2.53. The molecule has 8 heteroatoms. The first-order valence-electron chi connectivity index (χ1n) is 6.73. The molecule has 0 aliphatic heterocycles. The summed E-state index contributed by atoms with van der Waals surface area (Å²) in [7, 11) is -4.15. The van der Waals surface area contributed by atoms with E-state index >= 15 is 0 Å². The molecule has 1 aromatic heterocycles. The van der Waals surface area contributed by atoms with Gasteiger partial charge >= 0.3 is 10.1 Å². The summed E-state index contributed by atoms with van der Waals surface area (Å²) in [5, 5.41) is 1.23. The molecule has 3 aromatic rings. The highest BCUT2D eigenvalue weighted by Gasteiger charge is 2.24. The summed E-state index contributed by atoms with van der Waals surface area (Å²) in [6.07, 6.45) is 1.50. The topological polar surface area (TPSA) is 56.3 Å². The van der Waals surface area contributed by atoms with E-state index in [0.29, 0.717) is 16.0 Å². The predicted octanol–water partition coefficient (Wildman–Crippen LogP) is 5.27. The first kappa shape index (κ1) is 17.3. The Bertz CT molecular complexity index is 1050. The third kappa shape index (κ3) is 3.17. The summed E-state index contributed by atoms with van der Waals surface area (Å²) in [6, 6.07) is 9.32. The lowest BCUT2D eigenvalue weighted by molar-refractivity contribution is 0.487. The predicted molar refractivity (Wildman–Crippen MR) is 95.8 cm³/mol. The molecule has 0 unspecified atom stereocenters. The fraction of sp³-hybridized carbons (Fsp3) is 0.0625. The minimum atomic E-state index is -4.15. The molecule has 0 atom stereocenters. The minimum absolute atomic E-state index is 0.0369. The standard InChI is InChI=1S/C16H10Cl3NO3S/c1-9-4-5-10(17)7-14(9)24(21,22)23-16-13(19)8-12(18)11-3-2-6-20-15(11)16/h2-8H,1H3. The van der Waals surface area contributed by atoms with Crippen LogP contribution in [0.25, 0.3) is 10.9 Å². The van der Waals surface area contributed by atoms with E-state index in [1.54, 1.807) is 31.2 Å². The number of nitrogens with zero attached hydrogens (tertiary/aromatic N) is 1. The Morgan fingerprint density at radius 3 is 2.54 bits per heavy atom. The molecule has 0 N–H and O–H groups in total. The van der Waals surface area contributed by atoms with Crippen LogP contribution >= 0.6 is 34.8 Å². The van der Waals surface area contributed by atoms with E-state index in [0.717, 1.165) is 0 Å². The van der Waals surface area contributed by atoms with Crippen LogP contribution in [-0.2, 0) is 10.1 Å². The van der Waals surface area contributed by atoms with Crippen molar-refractivity contribution in [1.29, 1.82) is 0 Å². The second kappa shape index (κ2) is 6.41. The summed E-state index contributed by atoms with van der Waals surface area (Å²) < 4.78 is 30.6. The number of hydrogen-bond donors (Lipinski definition) is 0. The van der Waals surface area contributed by atoms with E-state index in [9.17, 15) is 8.42 Å². The maximum atomic E-state index is 12.7. The number of aryl methyl sites for hydroxylation is 1. The van der Waals surface area contributed by atoms with E-state index in [2.05, 4.69) is 4.98 Å². The second-order valence-corrected chi connectivity index (χ2v) is 7.78. The Balaban J connectivity index is 2.18. The zero-order valence-corrected chi connectivity index (χ0v) is 15.3. The van der Waals surface area contributed by atoms with Crippen LogP contribution < -0.4 is 4.18 Å². The summed E-state index contributed by atoms with van der Waals surface area (Å²) in [5.74, 6) is -0.0731. The average molecular weight is 403 g/mol. The van der Waals surface area contributed by atoms with Gasteiger partial charge in [0.2, 0.25) is 0 Å². The molecule has 3 rings (SSSR count). The van der Waals surface area contributed by atoms with E-state index in [4.69, 9.17) is 39.0 Å². The fourth-order valence-electron chi connectivity index (χ4n) is 2.22. The van der Waals surface area contributed by atoms with Gasteiger partial charge in [-0.25, -0.2) is 0 Å². The molecule has 0 bridgehead atoms. The fourth-order valence-corrected chi connectivity index (χ4v) is 4.27. The summed E-state index contributed by atoms with van der Waals surface area (Å²) in [6.45, 7) is 1.65. The molecular weight excluding hydrogens is 393 g/mol. The largest absolute Gasteiger partial charge is 0.375 e. The molecule has 0 saturated carbocycles. The van der Waals surface area contributed by atoms with Crippen LogP contribution in [0.2, 0.25) is 15.1 Å². The van der Waals surface area contributed by atoms with Crippen molar-refractivity contribution in [3.05, 3.63) is 63.2 Å². The second-order valence-electron chi connectivity index (χ2n) is 5.02. The van der Waals surface area contributed by atoms with Crippen LogP contribution in [0.5, 0.6) is 5.75 Å². The van der Waals surface area contributed by atoms with Crippen molar-refractivity contribution in [2.45, 2.75) is 11.8 Å². The molecule has 0 saturated heterocycles. The van der Waals surface area contributed by atoms with Gasteiger partial charge in [-0.1, -0.05) is 40.9 Å². The van der Waals surface area contributed by atoms with Gasteiger partial charge in [0.25, 0.3) is 0 Å².